The number of halogens is 1. The minimum Gasteiger partial charge on any atom is -0.496 e. The van der Waals surface area contributed by atoms with Crippen LogP contribution in [-0.4, -0.2) is 49.9 Å². The van der Waals surface area contributed by atoms with Gasteiger partial charge in [0.1, 0.15) is 29.3 Å². The van der Waals surface area contributed by atoms with Crippen molar-refractivity contribution in [3.63, 3.8) is 0 Å². The molecule has 3 aromatic rings. The number of esters is 1. The molecule has 10 heteroatoms. The maximum atomic E-state index is 13.8. The molecule has 0 unspecified atom stereocenters. The second-order valence-electron chi connectivity index (χ2n) is 8.89. The van der Waals surface area contributed by atoms with Crippen LogP contribution >= 0.6 is 11.6 Å². The van der Waals surface area contributed by atoms with Gasteiger partial charge in [0.05, 0.1) is 26.3 Å². The van der Waals surface area contributed by atoms with Gasteiger partial charge in [0.25, 0.3) is 5.91 Å². The highest BCUT2D eigenvalue weighted by Gasteiger charge is 2.58. The third-order valence-electron chi connectivity index (χ3n) is 6.69. The molecule has 196 valence electrons. The maximum Gasteiger partial charge on any atom is 0.336 e. The molecule has 0 aliphatic carbocycles. The fraction of sp³-hybridized carbons (Fsp3) is 0.250. The molecule has 0 aromatic heterocycles. The second-order valence-corrected chi connectivity index (χ2v) is 9.33. The third-order valence-corrected chi connectivity index (χ3v) is 6.92. The van der Waals surface area contributed by atoms with Crippen LogP contribution in [0.15, 0.2) is 66.7 Å². The molecule has 5 rings (SSSR count). The van der Waals surface area contributed by atoms with E-state index in [1.807, 2.05) is 30.3 Å². The summed E-state index contributed by atoms with van der Waals surface area (Å²) in [5, 5.41) is 0.426. The summed E-state index contributed by atoms with van der Waals surface area (Å²) in [5.74, 6) is -0.245. The number of rotatable bonds is 7. The van der Waals surface area contributed by atoms with Crippen molar-refractivity contribution >= 4 is 35.1 Å². The van der Waals surface area contributed by atoms with Gasteiger partial charge in [-0.05, 0) is 23.8 Å². The number of ether oxygens (including phenoxy) is 4. The Labute approximate surface area is 224 Å². The van der Waals surface area contributed by atoms with Crippen molar-refractivity contribution in [2.75, 3.05) is 25.7 Å². The van der Waals surface area contributed by atoms with Crippen molar-refractivity contribution in [3.05, 3.63) is 82.9 Å². The number of anilines is 1. The zero-order valence-corrected chi connectivity index (χ0v) is 21.7. The summed E-state index contributed by atoms with van der Waals surface area (Å²) in [6.45, 7) is 0.957. The van der Waals surface area contributed by atoms with Crippen molar-refractivity contribution in [2.24, 2.45) is 0 Å². The summed E-state index contributed by atoms with van der Waals surface area (Å²) in [4.78, 5) is 41.7. The zero-order valence-electron chi connectivity index (χ0n) is 21.0. The van der Waals surface area contributed by atoms with Crippen LogP contribution in [0.25, 0.3) is 0 Å². The molecule has 0 saturated carbocycles. The van der Waals surface area contributed by atoms with Gasteiger partial charge in [0.15, 0.2) is 0 Å². The maximum absolute atomic E-state index is 13.8. The molecule has 9 nitrogen and oxygen atoms in total. The van der Waals surface area contributed by atoms with Gasteiger partial charge in [-0.1, -0.05) is 41.9 Å². The molecule has 38 heavy (non-hydrogen) atoms. The van der Waals surface area contributed by atoms with Crippen molar-refractivity contribution < 1.29 is 33.3 Å². The van der Waals surface area contributed by atoms with Gasteiger partial charge in [-0.15, -0.1) is 0 Å². The van der Waals surface area contributed by atoms with Crippen molar-refractivity contribution in [3.8, 4) is 17.2 Å². The Bertz CT molecular complexity index is 1390. The Hall–Kier alpha value is -4.24. The van der Waals surface area contributed by atoms with E-state index < -0.39 is 23.8 Å². The molecule has 0 bridgehead atoms. The predicted octanol–water partition coefficient (Wildman–Crippen LogP) is 4.11. The molecule has 1 saturated heterocycles. The molecule has 0 spiro atoms. The largest absolute Gasteiger partial charge is 0.496 e. The predicted molar refractivity (Wildman–Crippen MR) is 138 cm³/mol. The average molecular weight is 537 g/mol. The number of nitrogens with zero attached hydrogens (tertiary/aromatic N) is 2. The molecular formula is C28H25ClN2O7. The average Bonchev–Trinajstić information content (AvgIpc) is 2.98. The Morgan fingerprint density at radius 3 is 2.18 bits per heavy atom. The molecule has 0 radical (unpaired) electrons. The zero-order chi connectivity index (χ0) is 27.0. The van der Waals surface area contributed by atoms with E-state index in [0.29, 0.717) is 27.8 Å². The first-order chi connectivity index (χ1) is 18.3. The molecule has 3 aromatic carbocycles. The number of hydrogen-bond donors (Lipinski definition) is 0. The Morgan fingerprint density at radius 2 is 1.58 bits per heavy atom. The normalized spacial score (nSPS) is 18.9. The molecule has 0 N–H and O–H groups in total. The van der Waals surface area contributed by atoms with Gasteiger partial charge < -0.3 is 23.8 Å². The fourth-order valence-electron chi connectivity index (χ4n) is 4.99. The Balaban J connectivity index is 1.67. The Kier molecular flexibility index (Phi) is 6.62. The smallest absolute Gasteiger partial charge is 0.336 e. The standard InChI is InChI=1S/C28H25ClN2O7/c1-17(32)37-27(38-22-13-20(35-2)12-21(14-22)36-3)31-24-10-9-19(29)11-23(24)28(18-7-5-4-6-8-18)15-25(33)30(28)16-26(31)34/h4-14,27H,15-16H2,1-3H3/t27-,28-/m1/s1. The van der Waals surface area contributed by atoms with E-state index in [1.165, 1.54) is 30.9 Å². The molecular weight excluding hydrogens is 512 g/mol. The van der Waals surface area contributed by atoms with Gasteiger partial charge in [0.2, 0.25) is 5.91 Å². The van der Waals surface area contributed by atoms with E-state index in [-0.39, 0.29) is 24.6 Å². The van der Waals surface area contributed by atoms with E-state index in [9.17, 15) is 14.4 Å². The number of β-lactam (4-membered cyclic amide) rings is 1. The van der Waals surface area contributed by atoms with Crippen LogP contribution < -0.4 is 19.1 Å². The lowest BCUT2D eigenvalue weighted by atomic mass is 9.72. The van der Waals surface area contributed by atoms with Crippen molar-refractivity contribution in [1.29, 1.82) is 0 Å². The molecule has 2 amide bonds. The summed E-state index contributed by atoms with van der Waals surface area (Å²) >= 11 is 6.45. The highest BCUT2D eigenvalue weighted by Crippen LogP contribution is 2.52. The minimum absolute atomic E-state index is 0.150. The number of carbonyl (C=O) groups is 3. The van der Waals surface area contributed by atoms with E-state index in [4.69, 9.17) is 30.5 Å². The molecule has 2 aliphatic rings. The van der Waals surface area contributed by atoms with Gasteiger partial charge in [-0.3, -0.25) is 14.4 Å². The number of benzene rings is 3. The Morgan fingerprint density at radius 1 is 0.921 bits per heavy atom. The van der Waals surface area contributed by atoms with Gasteiger partial charge >= 0.3 is 12.4 Å². The second kappa shape index (κ2) is 9.90. The summed E-state index contributed by atoms with van der Waals surface area (Å²) in [6.07, 6.45) is -1.35. The number of amides is 2. The van der Waals surface area contributed by atoms with Crippen molar-refractivity contribution in [2.45, 2.75) is 25.3 Å². The first-order valence-electron chi connectivity index (χ1n) is 11.8. The number of carbonyl (C=O) groups excluding carboxylic acids is 3. The van der Waals surface area contributed by atoms with Crippen molar-refractivity contribution in [1.82, 2.24) is 4.90 Å². The quantitative estimate of drug-likeness (QED) is 0.255. The number of methoxy groups -OCH3 is 2. The first kappa shape index (κ1) is 25.4. The number of hydrogen-bond acceptors (Lipinski definition) is 7. The first-order valence-corrected chi connectivity index (χ1v) is 12.2. The van der Waals surface area contributed by atoms with Gasteiger partial charge in [0, 0.05) is 35.7 Å². The van der Waals surface area contributed by atoms with Crippen LogP contribution in [0.2, 0.25) is 5.02 Å². The summed E-state index contributed by atoms with van der Waals surface area (Å²) < 4.78 is 22.3. The van der Waals surface area contributed by atoms with Crippen LogP contribution in [0.4, 0.5) is 5.69 Å². The summed E-state index contributed by atoms with van der Waals surface area (Å²) in [6, 6.07) is 19.3. The topological polar surface area (TPSA) is 94.6 Å². The molecule has 2 heterocycles. The van der Waals surface area contributed by atoms with Crippen LogP contribution in [0.1, 0.15) is 24.5 Å². The highest BCUT2D eigenvalue weighted by atomic mass is 35.5. The minimum atomic E-state index is -1.50. The molecule has 2 aliphatic heterocycles. The summed E-state index contributed by atoms with van der Waals surface area (Å²) in [5.41, 5.74) is 0.924. The lowest BCUT2D eigenvalue weighted by molar-refractivity contribution is -0.164. The summed E-state index contributed by atoms with van der Waals surface area (Å²) in [7, 11) is 2.98. The van der Waals surface area contributed by atoms with Crippen LogP contribution in [0.5, 0.6) is 17.2 Å². The highest BCUT2D eigenvalue weighted by molar-refractivity contribution is 6.30. The SMILES string of the molecule is COc1cc(OC)cc(O[C@@H](OC(C)=O)N2C(=O)CN3C(=O)C[C@@]3(c3ccccc3)c3cc(Cl)ccc32)c1. The number of fused-ring (bicyclic) bond motifs is 3. The van der Waals surface area contributed by atoms with Crippen LogP contribution in [-0.2, 0) is 24.7 Å². The van der Waals surface area contributed by atoms with E-state index in [0.717, 1.165) is 5.56 Å². The van der Waals surface area contributed by atoms with Gasteiger partial charge in [-0.25, -0.2) is 4.90 Å². The lowest BCUT2D eigenvalue weighted by Gasteiger charge is -2.51. The van der Waals surface area contributed by atoms with E-state index in [1.54, 1.807) is 36.4 Å². The van der Waals surface area contributed by atoms with E-state index >= 15 is 0 Å². The van der Waals surface area contributed by atoms with Crippen LogP contribution in [0, 0.1) is 0 Å². The van der Waals surface area contributed by atoms with E-state index in [2.05, 4.69) is 0 Å². The molecule has 1 fully saturated rings. The molecule has 2 atom stereocenters. The third kappa shape index (κ3) is 4.28. The van der Waals surface area contributed by atoms with Crippen LogP contribution in [0.3, 0.4) is 0 Å². The van der Waals surface area contributed by atoms with Gasteiger partial charge in [-0.2, -0.15) is 0 Å². The fourth-order valence-corrected chi connectivity index (χ4v) is 5.16. The monoisotopic (exact) mass is 536 g/mol. The lowest BCUT2D eigenvalue weighted by Crippen LogP contribution is -2.62.